The van der Waals surface area contributed by atoms with E-state index in [4.69, 9.17) is 5.11 Å². The number of carboxylic acids is 1. The molecule has 1 aliphatic heterocycles. The van der Waals surface area contributed by atoms with E-state index in [1.54, 1.807) is 0 Å². The summed E-state index contributed by atoms with van der Waals surface area (Å²) < 4.78 is 0. The first kappa shape index (κ1) is 14.5. The first-order valence-corrected chi connectivity index (χ1v) is 6.61. The summed E-state index contributed by atoms with van der Waals surface area (Å²) >= 11 is 0. The van der Waals surface area contributed by atoms with Crippen molar-refractivity contribution < 1.29 is 9.90 Å². The largest absolute Gasteiger partial charge is 0.481 e. The summed E-state index contributed by atoms with van der Waals surface area (Å²) in [6, 6.07) is 0.140. The van der Waals surface area contributed by atoms with E-state index in [-0.39, 0.29) is 17.9 Å². The van der Waals surface area contributed by atoms with E-state index in [1.807, 2.05) is 0 Å². The Kier molecular flexibility index (Phi) is 5.40. The lowest BCUT2D eigenvalue weighted by atomic mass is 9.93. The highest BCUT2D eigenvalue weighted by Crippen LogP contribution is 2.21. The Morgan fingerprint density at radius 3 is 2.82 bits per heavy atom. The molecule has 4 heteroatoms. The van der Waals surface area contributed by atoms with Gasteiger partial charge in [0, 0.05) is 25.7 Å². The van der Waals surface area contributed by atoms with Crippen LogP contribution in [0.25, 0.3) is 0 Å². The van der Waals surface area contributed by atoms with Crippen LogP contribution in [0.2, 0.25) is 0 Å². The molecular formula is C13H26N2O2. The molecule has 2 N–H and O–H groups in total. The number of rotatable bonds is 5. The van der Waals surface area contributed by atoms with E-state index in [9.17, 15) is 4.79 Å². The molecule has 0 aromatic carbocycles. The topological polar surface area (TPSA) is 52.6 Å². The van der Waals surface area contributed by atoms with Crippen LogP contribution in [0.1, 0.15) is 40.0 Å². The van der Waals surface area contributed by atoms with Gasteiger partial charge in [0.25, 0.3) is 0 Å². The average Bonchev–Trinajstić information content (AvgIpc) is 2.34. The number of carboxylic acid groups (broad SMARTS) is 1. The highest BCUT2D eigenvalue weighted by molar-refractivity contribution is 5.67. The van der Waals surface area contributed by atoms with Gasteiger partial charge in [-0.05, 0) is 18.4 Å². The van der Waals surface area contributed by atoms with Crippen molar-refractivity contribution in [2.24, 2.45) is 5.41 Å². The molecule has 1 aliphatic rings. The van der Waals surface area contributed by atoms with Crippen LogP contribution in [0, 0.1) is 5.41 Å². The third-order valence-corrected chi connectivity index (χ3v) is 3.34. The molecule has 1 fully saturated rings. The molecule has 0 aromatic heterocycles. The number of hydrogen-bond donors (Lipinski definition) is 2. The number of carbonyl (C=O) groups is 1. The Morgan fingerprint density at radius 1 is 1.53 bits per heavy atom. The minimum absolute atomic E-state index is 0.140. The number of hydrogen-bond acceptors (Lipinski definition) is 3. The molecule has 4 nitrogen and oxygen atoms in total. The molecule has 0 radical (unpaired) electrons. The molecular weight excluding hydrogens is 216 g/mol. The zero-order valence-electron chi connectivity index (χ0n) is 11.3. The Labute approximate surface area is 104 Å². The summed E-state index contributed by atoms with van der Waals surface area (Å²) in [6.45, 7) is 10.4. The number of nitrogens with one attached hydrogen (secondary N) is 1. The summed E-state index contributed by atoms with van der Waals surface area (Å²) in [6.07, 6.45) is 2.54. The van der Waals surface area contributed by atoms with E-state index in [0.717, 1.165) is 39.0 Å². The summed E-state index contributed by atoms with van der Waals surface area (Å²) in [5.41, 5.74) is 0.223. The highest BCUT2D eigenvalue weighted by Gasteiger charge is 2.30. The van der Waals surface area contributed by atoms with Crippen molar-refractivity contribution in [3.63, 3.8) is 0 Å². The minimum Gasteiger partial charge on any atom is -0.481 e. The second kappa shape index (κ2) is 6.36. The Hall–Kier alpha value is -0.610. The smallest absolute Gasteiger partial charge is 0.304 e. The molecule has 0 amide bonds. The maximum atomic E-state index is 10.9. The van der Waals surface area contributed by atoms with Crippen LogP contribution >= 0.6 is 0 Å². The van der Waals surface area contributed by atoms with Crippen LogP contribution in [-0.2, 0) is 4.79 Å². The molecule has 0 spiro atoms. The van der Waals surface area contributed by atoms with Gasteiger partial charge in [0.1, 0.15) is 0 Å². The van der Waals surface area contributed by atoms with E-state index >= 15 is 0 Å². The Balaban J connectivity index is 2.66. The lowest BCUT2D eigenvalue weighted by molar-refractivity contribution is -0.138. The van der Waals surface area contributed by atoms with E-state index in [1.165, 1.54) is 0 Å². The molecule has 1 rings (SSSR count). The van der Waals surface area contributed by atoms with Crippen molar-refractivity contribution in [1.29, 1.82) is 0 Å². The van der Waals surface area contributed by atoms with Crippen LogP contribution in [0.15, 0.2) is 0 Å². The fraction of sp³-hybridized carbons (Fsp3) is 0.923. The molecule has 1 atom stereocenters. The van der Waals surface area contributed by atoms with Crippen LogP contribution in [0.3, 0.4) is 0 Å². The molecule has 0 aromatic rings. The molecule has 0 bridgehead atoms. The van der Waals surface area contributed by atoms with Crippen molar-refractivity contribution >= 4 is 5.97 Å². The lowest BCUT2D eigenvalue weighted by Crippen LogP contribution is -2.43. The van der Waals surface area contributed by atoms with Crippen LogP contribution in [0.4, 0.5) is 0 Å². The summed E-state index contributed by atoms with van der Waals surface area (Å²) in [5.74, 6) is -0.696. The van der Waals surface area contributed by atoms with Gasteiger partial charge in [-0.15, -0.1) is 0 Å². The van der Waals surface area contributed by atoms with Crippen LogP contribution in [0.5, 0.6) is 0 Å². The highest BCUT2D eigenvalue weighted by atomic mass is 16.4. The van der Waals surface area contributed by atoms with Gasteiger partial charge in [-0.1, -0.05) is 27.2 Å². The van der Waals surface area contributed by atoms with Gasteiger partial charge in [0.05, 0.1) is 6.42 Å². The van der Waals surface area contributed by atoms with Gasteiger partial charge < -0.3 is 10.4 Å². The van der Waals surface area contributed by atoms with E-state index < -0.39 is 5.97 Å². The Bertz CT molecular complexity index is 254. The third kappa shape index (κ3) is 5.04. The maximum absolute atomic E-state index is 10.9. The molecule has 1 heterocycles. The van der Waals surface area contributed by atoms with Gasteiger partial charge in [0.2, 0.25) is 0 Å². The second-order valence-corrected chi connectivity index (χ2v) is 5.87. The molecule has 17 heavy (non-hydrogen) atoms. The normalized spacial score (nSPS) is 25.5. The SMILES string of the molecule is CCCCN1CC(C)(C)CNCC1CC(=O)O. The number of nitrogens with zero attached hydrogens (tertiary/aromatic N) is 1. The molecule has 0 saturated carbocycles. The van der Waals surface area contributed by atoms with E-state index in [2.05, 4.69) is 31.0 Å². The molecule has 0 aliphatic carbocycles. The Morgan fingerprint density at radius 2 is 2.24 bits per heavy atom. The van der Waals surface area contributed by atoms with Crippen molar-refractivity contribution in [2.75, 3.05) is 26.2 Å². The zero-order chi connectivity index (χ0) is 12.9. The number of aliphatic carboxylic acids is 1. The van der Waals surface area contributed by atoms with Crippen LogP contribution < -0.4 is 5.32 Å². The van der Waals surface area contributed by atoms with Crippen molar-refractivity contribution in [2.45, 2.75) is 46.1 Å². The predicted molar refractivity (Wildman–Crippen MR) is 69.2 cm³/mol. The summed E-state index contributed by atoms with van der Waals surface area (Å²) in [4.78, 5) is 13.3. The average molecular weight is 242 g/mol. The van der Waals surface area contributed by atoms with Crippen molar-refractivity contribution in [1.82, 2.24) is 10.2 Å². The monoisotopic (exact) mass is 242 g/mol. The van der Waals surface area contributed by atoms with Gasteiger partial charge in [-0.2, -0.15) is 0 Å². The standard InChI is InChI=1S/C13H26N2O2/c1-4-5-6-15-10-13(2,3)9-14-8-11(15)7-12(16)17/h11,14H,4-10H2,1-3H3,(H,16,17). The summed E-state index contributed by atoms with van der Waals surface area (Å²) in [5, 5.41) is 12.4. The van der Waals surface area contributed by atoms with Crippen molar-refractivity contribution in [3.05, 3.63) is 0 Å². The number of unbranched alkanes of at least 4 members (excludes halogenated alkanes) is 1. The first-order valence-electron chi connectivity index (χ1n) is 6.61. The second-order valence-electron chi connectivity index (χ2n) is 5.87. The quantitative estimate of drug-likeness (QED) is 0.768. The summed E-state index contributed by atoms with van der Waals surface area (Å²) in [7, 11) is 0. The zero-order valence-corrected chi connectivity index (χ0v) is 11.3. The fourth-order valence-electron chi connectivity index (χ4n) is 2.47. The van der Waals surface area contributed by atoms with Crippen molar-refractivity contribution in [3.8, 4) is 0 Å². The predicted octanol–water partition coefficient (Wildman–Crippen LogP) is 1.56. The first-order chi connectivity index (χ1) is 7.94. The molecule has 100 valence electrons. The maximum Gasteiger partial charge on any atom is 0.304 e. The molecule has 1 unspecified atom stereocenters. The fourth-order valence-corrected chi connectivity index (χ4v) is 2.47. The van der Waals surface area contributed by atoms with Gasteiger partial charge in [0.15, 0.2) is 0 Å². The van der Waals surface area contributed by atoms with E-state index in [0.29, 0.717) is 0 Å². The van der Waals surface area contributed by atoms with Gasteiger partial charge >= 0.3 is 5.97 Å². The van der Waals surface area contributed by atoms with Gasteiger partial charge in [-0.3, -0.25) is 9.69 Å². The third-order valence-electron chi connectivity index (χ3n) is 3.34. The lowest BCUT2D eigenvalue weighted by Gasteiger charge is -2.33. The minimum atomic E-state index is -0.696. The molecule has 1 saturated heterocycles. The van der Waals surface area contributed by atoms with Crippen LogP contribution in [-0.4, -0.2) is 48.2 Å². The van der Waals surface area contributed by atoms with Gasteiger partial charge in [-0.25, -0.2) is 0 Å².